The summed E-state index contributed by atoms with van der Waals surface area (Å²) >= 11 is 0. The minimum Gasteiger partial charge on any atom is -0.299 e. The van der Waals surface area contributed by atoms with Crippen LogP contribution in [-0.4, -0.2) is 23.1 Å². The maximum Gasteiger partial charge on any atom is 0.170 e. The number of carbonyl (C=O) groups is 4. The largest absolute Gasteiger partial charge is 0.299 e. The minimum absolute atomic E-state index is 0.0813. The van der Waals surface area contributed by atoms with Crippen LogP contribution in [0.3, 0.4) is 0 Å². The summed E-state index contributed by atoms with van der Waals surface area (Å²) in [5.74, 6) is -1.36. The van der Waals surface area contributed by atoms with Crippen molar-refractivity contribution in [2.45, 2.75) is 19.3 Å². The molecule has 0 spiro atoms. The van der Waals surface area contributed by atoms with Gasteiger partial charge in [0, 0.05) is 12.0 Å². The molecule has 0 bridgehead atoms. The molecule has 1 unspecified atom stereocenters. The molecule has 4 heteroatoms. The molecule has 0 aromatic heterocycles. The van der Waals surface area contributed by atoms with Crippen LogP contribution in [0.15, 0.2) is 34.9 Å². The zero-order chi connectivity index (χ0) is 12.9. The highest BCUT2D eigenvalue weighted by molar-refractivity contribution is 6.17. The number of rotatable bonds is 0. The lowest BCUT2D eigenvalue weighted by Crippen LogP contribution is -2.32. The third-order valence-corrected chi connectivity index (χ3v) is 3.51. The summed E-state index contributed by atoms with van der Waals surface area (Å²) in [5, 5.41) is 0. The lowest BCUT2D eigenvalue weighted by molar-refractivity contribution is -0.126. The molecule has 4 nitrogen and oxygen atoms in total. The van der Waals surface area contributed by atoms with Gasteiger partial charge in [0.15, 0.2) is 17.3 Å². The number of Topliss-reactive ketones (excluding diaryl/α,β-unsaturated/α-hetero) is 3. The van der Waals surface area contributed by atoms with Crippen molar-refractivity contribution in [2.75, 3.05) is 0 Å². The topological polar surface area (TPSA) is 68.3 Å². The van der Waals surface area contributed by atoms with Crippen molar-refractivity contribution in [3.63, 3.8) is 0 Å². The smallest absolute Gasteiger partial charge is 0.170 e. The molecule has 0 saturated carbocycles. The summed E-state index contributed by atoms with van der Waals surface area (Å²) in [6.45, 7) is 0. The number of hydrogen-bond acceptors (Lipinski definition) is 4. The van der Waals surface area contributed by atoms with Crippen LogP contribution in [0.1, 0.15) is 19.3 Å². The van der Waals surface area contributed by atoms with Crippen LogP contribution < -0.4 is 0 Å². The van der Waals surface area contributed by atoms with Gasteiger partial charge >= 0.3 is 0 Å². The van der Waals surface area contributed by atoms with Gasteiger partial charge in [-0.2, -0.15) is 0 Å². The third kappa shape index (κ3) is 1.53. The standard InChI is InChI=1S/C14H10O4/c15-8-3-7-1-2-10-11(14(7)13(18)6-8)4-9(16)5-12(10)17/h1-3,14H,4-6H2. The van der Waals surface area contributed by atoms with Gasteiger partial charge in [0.2, 0.25) is 0 Å². The second kappa shape index (κ2) is 3.70. The molecule has 0 amide bonds. The predicted octanol–water partition coefficient (Wildman–Crippen LogP) is 0.869. The maximum absolute atomic E-state index is 12.0. The molecular formula is C14H10O4. The molecule has 3 aliphatic carbocycles. The summed E-state index contributed by atoms with van der Waals surface area (Å²) in [6, 6.07) is 0. The van der Waals surface area contributed by atoms with Crippen molar-refractivity contribution in [1.29, 1.82) is 0 Å². The van der Waals surface area contributed by atoms with Crippen molar-refractivity contribution in [3.05, 3.63) is 34.9 Å². The third-order valence-electron chi connectivity index (χ3n) is 3.51. The van der Waals surface area contributed by atoms with E-state index in [0.717, 1.165) is 0 Å². The molecule has 3 aliphatic rings. The highest BCUT2D eigenvalue weighted by Crippen LogP contribution is 2.38. The summed E-state index contributed by atoms with van der Waals surface area (Å²) in [7, 11) is 0. The Morgan fingerprint density at radius 1 is 0.944 bits per heavy atom. The van der Waals surface area contributed by atoms with Gasteiger partial charge in [-0.3, -0.25) is 19.2 Å². The normalized spacial score (nSPS) is 27.1. The molecule has 90 valence electrons. The predicted molar refractivity (Wildman–Crippen MR) is 61.6 cm³/mol. The summed E-state index contributed by atoms with van der Waals surface area (Å²) < 4.78 is 0. The van der Waals surface area contributed by atoms with E-state index in [-0.39, 0.29) is 42.4 Å². The van der Waals surface area contributed by atoms with E-state index < -0.39 is 5.92 Å². The number of hydrogen-bond donors (Lipinski definition) is 0. The van der Waals surface area contributed by atoms with Gasteiger partial charge in [-0.25, -0.2) is 0 Å². The molecular weight excluding hydrogens is 232 g/mol. The lowest BCUT2D eigenvalue weighted by Gasteiger charge is -2.30. The van der Waals surface area contributed by atoms with Gasteiger partial charge < -0.3 is 0 Å². The van der Waals surface area contributed by atoms with Gasteiger partial charge in [-0.05, 0) is 17.2 Å². The van der Waals surface area contributed by atoms with Gasteiger partial charge in [-0.1, -0.05) is 12.2 Å². The number of ketones is 4. The quantitative estimate of drug-likeness (QED) is 0.591. The average molecular weight is 242 g/mol. The van der Waals surface area contributed by atoms with Gasteiger partial charge in [0.05, 0.1) is 18.8 Å². The van der Waals surface area contributed by atoms with Crippen LogP contribution in [-0.2, 0) is 19.2 Å². The number of carbonyl (C=O) groups excluding carboxylic acids is 4. The van der Waals surface area contributed by atoms with Crippen molar-refractivity contribution in [2.24, 2.45) is 5.92 Å². The molecule has 3 rings (SSSR count). The lowest BCUT2D eigenvalue weighted by atomic mass is 9.71. The Morgan fingerprint density at radius 3 is 2.50 bits per heavy atom. The molecule has 1 atom stereocenters. The van der Waals surface area contributed by atoms with Crippen LogP contribution in [0.5, 0.6) is 0 Å². The summed E-state index contributed by atoms with van der Waals surface area (Å²) in [5.41, 5.74) is 1.68. The molecule has 0 N–H and O–H groups in total. The maximum atomic E-state index is 12.0. The Bertz CT molecular complexity index is 601. The first-order valence-corrected chi connectivity index (χ1v) is 5.79. The van der Waals surface area contributed by atoms with Crippen LogP contribution in [0, 0.1) is 5.92 Å². The molecule has 0 heterocycles. The zero-order valence-electron chi connectivity index (χ0n) is 9.56. The second-order valence-electron chi connectivity index (χ2n) is 4.77. The Hall–Kier alpha value is -2.10. The van der Waals surface area contributed by atoms with E-state index in [1.165, 1.54) is 6.08 Å². The van der Waals surface area contributed by atoms with E-state index in [9.17, 15) is 19.2 Å². The van der Waals surface area contributed by atoms with Crippen LogP contribution in [0.2, 0.25) is 0 Å². The van der Waals surface area contributed by atoms with Crippen LogP contribution in [0.25, 0.3) is 0 Å². The van der Waals surface area contributed by atoms with E-state index in [2.05, 4.69) is 0 Å². The van der Waals surface area contributed by atoms with E-state index >= 15 is 0 Å². The zero-order valence-corrected chi connectivity index (χ0v) is 9.56. The first-order valence-electron chi connectivity index (χ1n) is 5.79. The first kappa shape index (κ1) is 11.0. The van der Waals surface area contributed by atoms with Crippen molar-refractivity contribution >= 4 is 23.1 Å². The number of allylic oxidation sites excluding steroid dienone is 6. The summed E-state index contributed by atoms with van der Waals surface area (Å²) in [6.07, 6.45) is 4.64. The highest BCUT2D eigenvalue weighted by Gasteiger charge is 2.38. The van der Waals surface area contributed by atoms with Crippen molar-refractivity contribution in [1.82, 2.24) is 0 Å². The minimum atomic E-state index is -0.559. The fraction of sp³-hybridized carbons (Fsp3) is 0.286. The van der Waals surface area contributed by atoms with Crippen LogP contribution in [0.4, 0.5) is 0 Å². The fourth-order valence-corrected chi connectivity index (χ4v) is 2.78. The Kier molecular flexibility index (Phi) is 2.26. The first-order chi connectivity index (χ1) is 8.56. The Labute approximate surface area is 103 Å². The molecule has 0 aliphatic heterocycles. The van der Waals surface area contributed by atoms with E-state index in [0.29, 0.717) is 16.7 Å². The molecule has 0 aromatic carbocycles. The molecule has 0 radical (unpaired) electrons. The van der Waals surface area contributed by atoms with Gasteiger partial charge in [0.25, 0.3) is 0 Å². The monoisotopic (exact) mass is 242 g/mol. The van der Waals surface area contributed by atoms with Crippen molar-refractivity contribution in [3.8, 4) is 0 Å². The van der Waals surface area contributed by atoms with E-state index in [1.807, 2.05) is 0 Å². The van der Waals surface area contributed by atoms with Crippen molar-refractivity contribution < 1.29 is 19.2 Å². The average Bonchev–Trinajstić information content (AvgIpc) is 2.26. The Morgan fingerprint density at radius 2 is 1.72 bits per heavy atom. The molecule has 18 heavy (non-hydrogen) atoms. The number of fused-ring (bicyclic) bond motifs is 2. The van der Waals surface area contributed by atoms with E-state index in [1.54, 1.807) is 12.2 Å². The SMILES string of the molecule is O=C1C=C2C=CC3=C(CC(=O)CC3=O)C2C(=O)C1. The van der Waals surface area contributed by atoms with E-state index in [4.69, 9.17) is 0 Å². The van der Waals surface area contributed by atoms with Crippen LogP contribution >= 0.6 is 0 Å². The molecule has 0 fully saturated rings. The fourth-order valence-electron chi connectivity index (χ4n) is 2.78. The highest BCUT2D eigenvalue weighted by atomic mass is 16.2. The summed E-state index contributed by atoms with van der Waals surface area (Å²) in [4.78, 5) is 46.5. The van der Waals surface area contributed by atoms with Gasteiger partial charge in [0.1, 0.15) is 5.78 Å². The molecule has 0 saturated heterocycles. The second-order valence-corrected chi connectivity index (χ2v) is 4.77. The Balaban J connectivity index is 2.14. The van der Waals surface area contributed by atoms with Gasteiger partial charge in [-0.15, -0.1) is 0 Å². The molecule has 0 aromatic rings.